The van der Waals surface area contributed by atoms with Gasteiger partial charge in [-0.05, 0) is 49.2 Å². The Morgan fingerprint density at radius 3 is 2.62 bits per heavy atom. The minimum atomic E-state index is -0.351. The van der Waals surface area contributed by atoms with Crippen molar-refractivity contribution in [1.82, 2.24) is 24.8 Å². The summed E-state index contributed by atoms with van der Waals surface area (Å²) in [6.07, 6.45) is 3.40. The molecule has 9 heteroatoms. The molecule has 4 rings (SSSR count). The van der Waals surface area contributed by atoms with E-state index in [4.69, 9.17) is 4.74 Å². The lowest BCUT2D eigenvalue weighted by atomic mass is 10.0. The Labute approximate surface area is 198 Å². The number of pyridine rings is 2. The van der Waals surface area contributed by atoms with Crippen LogP contribution in [0, 0.1) is 0 Å². The van der Waals surface area contributed by atoms with E-state index in [2.05, 4.69) is 25.6 Å². The van der Waals surface area contributed by atoms with Gasteiger partial charge in [0.1, 0.15) is 5.75 Å². The van der Waals surface area contributed by atoms with Gasteiger partial charge in [-0.1, -0.05) is 13.8 Å². The fourth-order valence-electron chi connectivity index (χ4n) is 3.39. The van der Waals surface area contributed by atoms with Crippen molar-refractivity contribution in [2.75, 3.05) is 18.5 Å². The molecular weight excluding hydrogens is 432 g/mol. The van der Waals surface area contributed by atoms with Crippen LogP contribution in [0.4, 0.5) is 10.7 Å². The van der Waals surface area contributed by atoms with E-state index in [1.165, 1.54) is 4.57 Å². The van der Waals surface area contributed by atoms with Gasteiger partial charge in [0.15, 0.2) is 0 Å². The summed E-state index contributed by atoms with van der Waals surface area (Å²) in [6.45, 7) is 8.79. The van der Waals surface area contributed by atoms with Crippen LogP contribution >= 0.6 is 0 Å². The van der Waals surface area contributed by atoms with Gasteiger partial charge in [-0.15, -0.1) is 0 Å². The van der Waals surface area contributed by atoms with E-state index >= 15 is 0 Å². The van der Waals surface area contributed by atoms with Crippen molar-refractivity contribution in [3.63, 3.8) is 0 Å². The van der Waals surface area contributed by atoms with Gasteiger partial charge >= 0.3 is 6.03 Å². The Morgan fingerprint density at radius 1 is 1.12 bits per heavy atom. The van der Waals surface area contributed by atoms with E-state index in [-0.39, 0.29) is 11.6 Å². The van der Waals surface area contributed by atoms with Crippen molar-refractivity contribution in [3.05, 3.63) is 59.1 Å². The number of aromatic amines is 1. The first-order chi connectivity index (χ1) is 16.5. The van der Waals surface area contributed by atoms with Crippen LogP contribution in [0.25, 0.3) is 33.4 Å². The van der Waals surface area contributed by atoms with Crippen molar-refractivity contribution in [2.45, 2.75) is 27.7 Å². The summed E-state index contributed by atoms with van der Waals surface area (Å²) in [5.41, 5.74) is 4.25. The number of urea groups is 1. The van der Waals surface area contributed by atoms with Crippen molar-refractivity contribution in [2.24, 2.45) is 7.05 Å². The van der Waals surface area contributed by atoms with Gasteiger partial charge in [0, 0.05) is 43.7 Å². The quantitative estimate of drug-likeness (QED) is 0.389. The zero-order valence-corrected chi connectivity index (χ0v) is 20.1. The molecule has 0 fully saturated rings. The number of fused-ring (bicyclic) bond motifs is 1. The molecule has 0 saturated carbocycles. The van der Waals surface area contributed by atoms with E-state index in [1.807, 2.05) is 52.0 Å². The van der Waals surface area contributed by atoms with E-state index < -0.39 is 0 Å². The van der Waals surface area contributed by atoms with Gasteiger partial charge < -0.3 is 19.6 Å². The molecule has 3 aromatic heterocycles. The topological polar surface area (TPSA) is 114 Å². The van der Waals surface area contributed by atoms with Gasteiger partial charge in [0.2, 0.25) is 5.95 Å². The number of H-pyrrole nitrogens is 1. The van der Waals surface area contributed by atoms with Gasteiger partial charge in [0.25, 0.3) is 5.56 Å². The van der Waals surface area contributed by atoms with E-state index in [0.29, 0.717) is 41.6 Å². The number of hydrogen-bond acceptors (Lipinski definition) is 5. The molecular formula is C25H30N6O3. The first-order valence-electron chi connectivity index (χ1n) is 11.3. The number of rotatable bonds is 6. The molecule has 0 aliphatic rings. The zero-order valence-electron chi connectivity index (χ0n) is 20.1. The predicted octanol–water partition coefficient (Wildman–Crippen LogP) is 4.56. The minimum Gasteiger partial charge on any atom is -0.494 e. The minimum absolute atomic E-state index is 0.108. The number of nitrogens with zero attached hydrogens (tertiary/aromatic N) is 3. The normalized spacial score (nSPS) is 10.4. The monoisotopic (exact) mass is 462 g/mol. The highest BCUT2D eigenvalue weighted by Gasteiger charge is 2.15. The number of carbonyl (C=O) groups is 1. The Balaban J connectivity index is 0.00000158. The number of benzene rings is 1. The molecule has 9 nitrogen and oxygen atoms in total. The number of imidazole rings is 1. The van der Waals surface area contributed by atoms with Crippen molar-refractivity contribution in [3.8, 4) is 28.1 Å². The predicted molar refractivity (Wildman–Crippen MR) is 135 cm³/mol. The van der Waals surface area contributed by atoms with Crippen LogP contribution < -0.4 is 20.9 Å². The molecule has 4 aromatic rings. The number of ether oxygens (including phenoxy) is 1. The summed E-state index contributed by atoms with van der Waals surface area (Å²) in [5.74, 6) is 1.01. The second-order valence-electron chi connectivity index (χ2n) is 7.16. The standard InChI is InChI=1S/C23H24N6O3.C2H6/c1-4-24-23(31)28-22-26-19-11-15(14-7-9-29(3)20(30)12-14)10-17(21(19)27-22)18-13-16(32-5-2)6-8-25-18;1-2/h6-13H,4-5H2,1-3H3,(H3,24,26,27,28,31);1-2H3. The van der Waals surface area contributed by atoms with Crippen LogP contribution in [-0.2, 0) is 7.05 Å². The van der Waals surface area contributed by atoms with E-state index in [1.54, 1.807) is 31.6 Å². The first-order valence-corrected chi connectivity index (χ1v) is 11.3. The Bertz CT molecular complexity index is 1340. The highest BCUT2D eigenvalue weighted by atomic mass is 16.5. The maximum Gasteiger partial charge on any atom is 0.321 e. The maximum atomic E-state index is 12.2. The Hall–Kier alpha value is -4.14. The summed E-state index contributed by atoms with van der Waals surface area (Å²) in [6, 6.07) is 10.6. The second kappa shape index (κ2) is 11.1. The summed E-state index contributed by atoms with van der Waals surface area (Å²) in [7, 11) is 1.71. The average Bonchev–Trinajstić information content (AvgIpc) is 3.24. The lowest BCUT2D eigenvalue weighted by molar-refractivity contribution is 0.252. The maximum absolute atomic E-state index is 12.2. The number of hydrogen-bond donors (Lipinski definition) is 3. The molecule has 0 bridgehead atoms. The summed E-state index contributed by atoms with van der Waals surface area (Å²) >= 11 is 0. The van der Waals surface area contributed by atoms with Crippen LogP contribution in [0.2, 0.25) is 0 Å². The number of aromatic nitrogens is 4. The molecule has 3 N–H and O–H groups in total. The molecule has 2 amide bonds. The molecule has 3 heterocycles. The highest BCUT2D eigenvalue weighted by Crippen LogP contribution is 2.33. The van der Waals surface area contributed by atoms with Crippen LogP contribution in [0.15, 0.2) is 53.6 Å². The number of nitrogens with one attached hydrogen (secondary N) is 3. The Kier molecular flexibility index (Phi) is 8.02. The fraction of sp³-hybridized carbons (Fsp3) is 0.280. The second-order valence-corrected chi connectivity index (χ2v) is 7.16. The average molecular weight is 463 g/mol. The smallest absolute Gasteiger partial charge is 0.321 e. The van der Waals surface area contributed by atoms with Crippen molar-refractivity contribution in [1.29, 1.82) is 0 Å². The summed E-state index contributed by atoms with van der Waals surface area (Å²) in [5, 5.41) is 5.38. The third-order valence-corrected chi connectivity index (χ3v) is 4.91. The molecule has 0 radical (unpaired) electrons. The van der Waals surface area contributed by atoms with Gasteiger partial charge in [-0.25, -0.2) is 9.78 Å². The molecule has 0 aliphatic heterocycles. The van der Waals surface area contributed by atoms with Gasteiger partial charge in [-0.3, -0.25) is 15.1 Å². The molecule has 0 atom stereocenters. The lowest BCUT2D eigenvalue weighted by Crippen LogP contribution is -2.28. The number of anilines is 1. The Morgan fingerprint density at radius 2 is 1.91 bits per heavy atom. The SMILES string of the molecule is CC.CCNC(=O)Nc1nc2c(-c3cc(OCC)ccn3)cc(-c3ccn(C)c(=O)c3)cc2[nH]1. The lowest BCUT2D eigenvalue weighted by Gasteiger charge is -2.09. The zero-order chi connectivity index (χ0) is 24.7. The van der Waals surface area contributed by atoms with Crippen LogP contribution in [-0.4, -0.2) is 38.7 Å². The van der Waals surface area contributed by atoms with Crippen LogP contribution in [0.3, 0.4) is 0 Å². The summed E-state index contributed by atoms with van der Waals surface area (Å²) in [4.78, 5) is 36.4. The van der Waals surface area contributed by atoms with Crippen LogP contribution in [0.1, 0.15) is 27.7 Å². The van der Waals surface area contributed by atoms with Gasteiger partial charge in [-0.2, -0.15) is 0 Å². The third-order valence-electron chi connectivity index (χ3n) is 4.91. The highest BCUT2D eigenvalue weighted by molar-refractivity contribution is 5.98. The van der Waals surface area contributed by atoms with E-state index in [9.17, 15) is 9.59 Å². The molecule has 0 spiro atoms. The number of aryl methyl sites for hydroxylation is 1. The van der Waals surface area contributed by atoms with Crippen molar-refractivity contribution < 1.29 is 9.53 Å². The molecule has 0 unspecified atom stereocenters. The van der Waals surface area contributed by atoms with Crippen molar-refractivity contribution >= 4 is 23.0 Å². The van der Waals surface area contributed by atoms with Crippen LogP contribution in [0.5, 0.6) is 5.75 Å². The number of carbonyl (C=O) groups excluding carboxylic acids is 1. The molecule has 0 aliphatic carbocycles. The molecule has 34 heavy (non-hydrogen) atoms. The number of amides is 2. The first kappa shape index (κ1) is 24.5. The van der Waals surface area contributed by atoms with E-state index in [0.717, 1.165) is 16.7 Å². The van der Waals surface area contributed by atoms with Gasteiger partial charge in [0.05, 0.1) is 23.3 Å². The molecule has 178 valence electrons. The fourth-order valence-corrected chi connectivity index (χ4v) is 3.39. The molecule has 1 aromatic carbocycles. The molecule has 0 saturated heterocycles. The third kappa shape index (κ3) is 5.43. The largest absolute Gasteiger partial charge is 0.494 e. The summed E-state index contributed by atoms with van der Waals surface area (Å²) < 4.78 is 7.15.